The predicted octanol–water partition coefficient (Wildman–Crippen LogP) is 3.52. The Morgan fingerprint density at radius 3 is 2.86 bits per heavy atom. The molecule has 0 fully saturated rings. The smallest absolute Gasteiger partial charge is 0.0541 e. The lowest BCUT2D eigenvalue weighted by Gasteiger charge is -2.07. The van der Waals surface area contributed by atoms with E-state index < -0.39 is 0 Å². The molecule has 3 nitrogen and oxygen atoms in total. The highest BCUT2D eigenvalue weighted by Gasteiger charge is 1.99. The van der Waals surface area contributed by atoms with E-state index in [1.165, 1.54) is 16.5 Å². The average molecular weight is 279 g/mol. The van der Waals surface area contributed by atoms with Crippen LogP contribution >= 0.6 is 0 Å². The molecule has 1 N–H and O–H groups in total. The lowest BCUT2D eigenvalue weighted by atomic mass is 10.2. The summed E-state index contributed by atoms with van der Waals surface area (Å²) in [6.45, 7) is 4.95. The Kier molecular flexibility index (Phi) is 4.31. The first kappa shape index (κ1) is 13.8. The van der Waals surface area contributed by atoms with Crippen molar-refractivity contribution < 1.29 is 0 Å². The molecule has 108 valence electrons. The summed E-state index contributed by atoms with van der Waals surface area (Å²) in [6, 6.07) is 14.9. The highest BCUT2D eigenvalue weighted by molar-refractivity contribution is 5.79. The maximum atomic E-state index is 4.40. The molecule has 0 saturated carbocycles. The Labute approximate surface area is 125 Å². The highest BCUT2D eigenvalue weighted by Crippen LogP contribution is 2.15. The lowest BCUT2D eigenvalue weighted by Crippen LogP contribution is -2.17. The van der Waals surface area contributed by atoms with Gasteiger partial charge in [0.25, 0.3) is 0 Å². The predicted molar refractivity (Wildman–Crippen MR) is 87.2 cm³/mol. The second-order valence-electron chi connectivity index (χ2n) is 5.43. The third-order valence-electron chi connectivity index (χ3n) is 3.71. The van der Waals surface area contributed by atoms with Gasteiger partial charge in [-0.25, -0.2) is 0 Å². The second-order valence-corrected chi connectivity index (χ2v) is 5.43. The quantitative estimate of drug-likeness (QED) is 0.700. The van der Waals surface area contributed by atoms with E-state index in [4.69, 9.17) is 0 Å². The number of hydrogen-bond donors (Lipinski definition) is 1. The summed E-state index contributed by atoms with van der Waals surface area (Å²) >= 11 is 0. The van der Waals surface area contributed by atoms with Crippen molar-refractivity contribution in [2.75, 3.05) is 6.54 Å². The fourth-order valence-corrected chi connectivity index (χ4v) is 2.53. The first-order chi connectivity index (χ1) is 10.3. The van der Waals surface area contributed by atoms with E-state index in [1.54, 1.807) is 0 Å². The number of benzene rings is 1. The summed E-state index contributed by atoms with van der Waals surface area (Å²) in [7, 11) is 0. The summed E-state index contributed by atoms with van der Waals surface area (Å²) in [5.41, 5.74) is 3.63. The molecular weight excluding hydrogens is 258 g/mol. The van der Waals surface area contributed by atoms with Gasteiger partial charge >= 0.3 is 0 Å². The molecule has 0 aliphatic carbocycles. The van der Waals surface area contributed by atoms with Gasteiger partial charge in [0.1, 0.15) is 0 Å². The number of hydrogen-bond acceptors (Lipinski definition) is 2. The molecule has 1 aromatic carbocycles. The van der Waals surface area contributed by atoms with E-state index in [9.17, 15) is 0 Å². The molecule has 0 aliphatic rings. The zero-order valence-electron chi connectivity index (χ0n) is 12.4. The van der Waals surface area contributed by atoms with Crippen LogP contribution in [0, 0.1) is 6.92 Å². The molecule has 0 unspecified atom stereocenters. The third kappa shape index (κ3) is 3.50. The molecule has 0 radical (unpaired) electrons. The minimum atomic E-state index is 0.840. The Morgan fingerprint density at radius 2 is 2.00 bits per heavy atom. The fraction of sp³-hybridized carbons (Fsp3) is 0.278. The second kappa shape index (κ2) is 6.55. The first-order valence-electron chi connectivity index (χ1n) is 7.49. The molecule has 21 heavy (non-hydrogen) atoms. The topological polar surface area (TPSA) is 29.9 Å². The number of nitrogens with one attached hydrogen (secondary N) is 1. The molecule has 0 atom stereocenters. The van der Waals surface area contributed by atoms with Crippen molar-refractivity contribution in [1.29, 1.82) is 0 Å². The Hall–Kier alpha value is -2.13. The van der Waals surface area contributed by atoms with E-state index in [2.05, 4.69) is 70.5 Å². The van der Waals surface area contributed by atoms with Crippen LogP contribution in [-0.2, 0) is 13.1 Å². The van der Waals surface area contributed by atoms with Gasteiger partial charge in [-0.15, -0.1) is 0 Å². The van der Waals surface area contributed by atoms with Crippen molar-refractivity contribution in [2.45, 2.75) is 26.4 Å². The van der Waals surface area contributed by atoms with Gasteiger partial charge in [-0.3, -0.25) is 4.98 Å². The van der Waals surface area contributed by atoms with E-state index in [0.29, 0.717) is 0 Å². The molecule has 2 aromatic heterocycles. The van der Waals surface area contributed by atoms with Crippen LogP contribution in [0.3, 0.4) is 0 Å². The highest BCUT2D eigenvalue weighted by atomic mass is 15.0. The van der Waals surface area contributed by atoms with Crippen LogP contribution in [0.1, 0.15) is 17.7 Å². The number of aryl methyl sites for hydroxylation is 2. The van der Waals surface area contributed by atoms with Crippen LogP contribution < -0.4 is 5.32 Å². The van der Waals surface area contributed by atoms with Crippen LogP contribution in [0.15, 0.2) is 54.9 Å². The number of pyridine rings is 1. The van der Waals surface area contributed by atoms with Crippen LogP contribution in [0.25, 0.3) is 10.9 Å². The molecule has 0 aliphatic heterocycles. The summed E-state index contributed by atoms with van der Waals surface area (Å²) in [4.78, 5) is 4.40. The minimum absolute atomic E-state index is 0.840. The molecule has 0 amide bonds. The van der Waals surface area contributed by atoms with Gasteiger partial charge in [-0.05, 0) is 49.0 Å². The van der Waals surface area contributed by atoms with Gasteiger partial charge in [-0.1, -0.05) is 24.3 Å². The van der Waals surface area contributed by atoms with Crippen molar-refractivity contribution in [2.24, 2.45) is 0 Å². The van der Waals surface area contributed by atoms with Gasteiger partial charge in [0, 0.05) is 31.0 Å². The Balaban J connectivity index is 1.45. The van der Waals surface area contributed by atoms with Gasteiger partial charge in [-0.2, -0.15) is 0 Å². The van der Waals surface area contributed by atoms with Crippen LogP contribution in [0.5, 0.6) is 0 Å². The molecule has 0 spiro atoms. The van der Waals surface area contributed by atoms with Gasteiger partial charge in [0.05, 0.1) is 5.69 Å². The van der Waals surface area contributed by atoms with Crippen LogP contribution in [0.4, 0.5) is 0 Å². The minimum Gasteiger partial charge on any atom is -0.347 e. The van der Waals surface area contributed by atoms with E-state index in [0.717, 1.165) is 31.7 Å². The molecule has 0 saturated heterocycles. The number of para-hydroxylation sites is 1. The monoisotopic (exact) mass is 279 g/mol. The normalized spacial score (nSPS) is 11.1. The molecule has 2 heterocycles. The van der Waals surface area contributed by atoms with Crippen molar-refractivity contribution in [1.82, 2.24) is 14.9 Å². The summed E-state index contributed by atoms with van der Waals surface area (Å²) in [6.07, 6.45) is 5.21. The van der Waals surface area contributed by atoms with E-state index >= 15 is 0 Å². The fourth-order valence-electron chi connectivity index (χ4n) is 2.53. The number of fused-ring (bicyclic) bond motifs is 1. The number of aromatic nitrogens is 2. The largest absolute Gasteiger partial charge is 0.347 e. The molecule has 3 heteroatoms. The SMILES string of the molecule is Cc1ccc(CNCCCn2ccc3ccccc32)nc1. The Morgan fingerprint density at radius 1 is 1.10 bits per heavy atom. The van der Waals surface area contributed by atoms with Gasteiger partial charge in [0.15, 0.2) is 0 Å². The molecule has 3 aromatic rings. The number of nitrogens with zero attached hydrogens (tertiary/aromatic N) is 2. The summed E-state index contributed by atoms with van der Waals surface area (Å²) in [5.74, 6) is 0. The zero-order chi connectivity index (χ0) is 14.5. The average Bonchev–Trinajstić information content (AvgIpc) is 2.92. The van der Waals surface area contributed by atoms with E-state index in [1.807, 2.05) is 6.20 Å². The van der Waals surface area contributed by atoms with Crippen LogP contribution in [0.2, 0.25) is 0 Å². The Bertz CT molecular complexity index is 698. The zero-order valence-corrected chi connectivity index (χ0v) is 12.4. The van der Waals surface area contributed by atoms with Crippen molar-refractivity contribution in [3.8, 4) is 0 Å². The number of rotatable bonds is 6. The first-order valence-corrected chi connectivity index (χ1v) is 7.49. The summed E-state index contributed by atoms with van der Waals surface area (Å²) < 4.78 is 2.32. The van der Waals surface area contributed by atoms with Crippen molar-refractivity contribution in [3.63, 3.8) is 0 Å². The third-order valence-corrected chi connectivity index (χ3v) is 3.71. The molecule has 3 rings (SSSR count). The molecular formula is C18H21N3. The van der Waals surface area contributed by atoms with Crippen LogP contribution in [-0.4, -0.2) is 16.1 Å². The maximum Gasteiger partial charge on any atom is 0.0541 e. The van der Waals surface area contributed by atoms with E-state index in [-0.39, 0.29) is 0 Å². The van der Waals surface area contributed by atoms with Gasteiger partial charge < -0.3 is 9.88 Å². The van der Waals surface area contributed by atoms with Crippen molar-refractivity contribution in [3.05, 3.63) is 66.1 Å². The maximum absolute atomic E-state index is 4.40. The molecule has 0 bridgehead atoms. The lowest BCUT2D eigenvalue weighted by molar-refractivity contribution is 0.586. The standard InChI is InChI=1S/C18H21N3/c1-15-7-8-17(20-13-15)14-19-10-4-11-21-12-9-16-5-2-3-6-18(16)21/h2-3,5-9,12-13,19H,4,10-11,14H2,1H3. The van der Waals surface area contributed by atoms with Crippen molar-refractivity contribution >= 4 is 10.9 Å². The van der Waals surface area contributed by atoms with Gasteiger partial charge in [0.2, 0.25) is 0 Å². The summed E-state index contributed by atoms with van der Waals surface area (Å²) in [5, 5.41) is 4.77.